The normalized spacial score (nSPS) is 11.1. The van der Waals surface area contributed by atoms with Gasteiger partial charge in [-0.3, -0.25) is 0 Å². The summed E-state index contributed by atoms with van der Waals surface area (Å²) in [5.41, 5.74) is 0.926. The van der Waals surface area contributed by atoms with Gasteiger partial charge < -0.3 is 10.2 Å². The summed E-state index contributed by atoms with van der Waals surface area (Å²) in [6.45, 7) is 8.21. The van der Waals surface area contributed by atoms with E-state index in [1.807, 2.05) is 12.1 Å². The predicted molar refractivity (Wildman–Crippen MR) is 84.0 cm³/mol. The topological polar surface area (TPSA) is 28.2 Å². The smallest absolute Gasteiger partial charge is 0.128 e. The molecule has 0 atom stereocenters. The number of nitrogens with one attached hydrogen (secondary N) is 1. The van der Waals surface area contributed by atoms with Gasteiger partial charge in [0.15, 0.2) is 0 Å². The molecule has 3 nitrogen and oxygen atoms in total. The number of hydrogen-bond acceptors (Lipinski definition) is 3. The highest BCUT2D eigenvalue weighted by Gasteiger charge is 2.07. The number of unbranched alkanes of at least 4 members (excludes halogenated alkanes) is 2. The Kier molecular flexibility index (Phi) is 7.17. The van der Waals surface area contributed by atoms with Crippen LogP contribution in [0.3, 0.4) is 0 Å². The third kappa shape index (κ3) is 5.79. The van der Waals surface area contributed by atoms with Crippen LogP contribution in [0, 0.1) is 0 Å². The molecule has 1 heterocycles. The Hall–Kier alpha value is -0.800. The van der Waals surface area contributed by atoms with Crippen molar-refractivity contribution in [3.63, 3.8) is 0 Å². The molecule has 0 radical (unpaired) electrons. The lowest BCUT2D eigenvalue weighted by Gasteiger charge is -2.19. The average Bonchev–Trinajstić information content (AvgIpc) is 2.37. The third-order valence-electron chi connectivity index (χ3n) is 3.07. The molecule has 4 heteroatoms. The molecule has 0 aliphatic heterocycles. The lowest BCUT2D eigenvalue weighted by molar-refractivity contribution is 0.581. The molecule has 0 spiro atoms. The number of pyridine rings is 1. The Morgan fingerprint density at radius 3 is 2.68 bits per heavy atom. The van der Waals surface area contributed by atoms with E-state index in [-0.39, 0.29) is 0 Å². The van der Waals surface area contributed by atoms with Gasteiger partial charge in [-0.15, -0.1) is 0 Å². The minimum Gasteiger partial charge on any atom is -0.360 e. The van der Waals surface area contributed by atoms with Crippen molar-refractivity contribution in [2.75, 3.05) is 18.5 Å². The molecule has 0 fully saturated rings. The van der Waals surface area contributed by atoms with E-state index in [9.17, 15) is 0 Å². The number of nitrogens with zero attached hydrogens (tertiary/aromatic N) is 2. The van der Waals surface area contributed by atoms with Gasteiger partial charge in [0.05, 0.1) is 10.7 Å². The molecule has 0 bridgehead atoms. The quantitative estimate of drug-likeness (QED) is 0.734. The monoisotopic (exact) mass is 283 g/mol. The Balaban J connectivity index is 2.66. The molecule has 1 N–H and O–H groups in total. The zero-order valence-corrected chi connectivity index (χ0v) is 13.3. The zero-order valence-electron chi connectivity index (χ0n) is 12.5. The van der Waals surface area contributed by atoms with Gasteiger partial charge in [0, 0.05) is 26.2 Å². The maximum Gasteiger partial charge on any atom is 0.128 e. The molecule has 0 aliphatic rings. The maximum atomic E-state index is 6.19. The summed E-state index contributed by atoms with van der Waals surface area (Å²) in [6, 6.07) is 4.37. The van der Waals surface area contributed by atoms with Gasteiger partial charge in [-0.2, -0.15) is 0 Å². The van der Waals surface area contributed by atoms with E-state index in [4.69, 9.17) is 11.6 Å². The third-order valence-corrected chi connectivity index (χ3v) is 3.41. The number of rotatable bonds is 8. The van der Waals surface area contributed by atoms with Crippen LogP contribution in [0.2, 0.25) is 5.02 Å². The lowest BCUT2D eigenvalue weighted by Crippen LogP contribution is -2.24. The molecule has 0 saturated heterocycles. The van der Waals surface area contributed by atoms with Crippen LogP contribution in [0.5, 0.6) is 0 Å². The van der Waals surface area contributed by atoms with Crippen molar-refractivity contribution in [2.24, 2.45) is 0 Å². The van der Waals surface area contributed by atoms with Crippen molar-refractivity contribution in [2.45, 2.75) is 52.6 Å². The molecule has 0 saturated carbocycles. The van der Waals surface area contributed by atoms with E-state index < -0.39 is 0 Å². The minimum absolute atomic E-state index is 0.434. The SMILES string of the molecule is CCCCCN(C)c1ccc(Cl)c(CNC(C)C)n1. The Morgan fingerprint density at radius 1 is 1.32 bits per heavy atom. The molecule has 1 aromatic heterocycles. The average molecular weight is 284 g/mol. The molecule has 0 aromatic carbocycles. The van der Waals surface area contributed by atoms with Crippen LogP contribution >= 0.6 is 11.6 Å². The number of hydrogen-bond donors (Lipinski definition) is 1. The van der Waals surface area contributed by atoms with E-state index in [0.29, 0.717) is 12.6 Å². The summed E-state index contributed by atoms with van der Waals surface area (Å²) < 4.78 is 0. The summed E-state index contributed by atoms with van der Waals surface area (Å²) in [7, 11) is 2.09. The van der Waals surface area contributed by atoms with Crippen molar-refractivity contribution in [3.05, 3.63) is 22.8 Å². The van der Waals surface area contributed by atoms with Crippen molar-refractivity contribution in [1.29, 1.82) is 0 Å². The number of anilines is 1. The molecule has 1 aromatic rings. The Labute approximate surface area is 122 Å². The lowest BCUT2D eigenvalue weighted by atomic mass is 10.2. The van der Waals surface area contributed by atoms with Crippen molar-refractivity contribution in [3.8, 4) is 0 Å². The van der Waals surface area contributed by atoms with Crippen LogP contribution in [0.4, 0.5) is 5.82 Å². The fourth-order valence-electron chi connectivity index (χ4n) is 1.82. The molecule has 108 valence electrons. The molecule has 19 heavy (non-hydrogen) atoms. The fraction of sp³-hybridized carbons (Fsp3) is 0.667. The van der Waals surface area contributed by atoms with Crippen LogP contribution in [-0.2, 0) is 6.54 Å². The highest BCUT2D eigenvalue weighted by atomic mass is 35.5. The first-order valence-electron chi connectivity index (χ1n) is 7.14. The van der Waals surface area contributed by atoms with E-state index in [2.05, 4.69) is 43.0 Å². The highest BCUT2D eigenvalue weighted by Crippen LogP contribution is 2.19. The second-order valence-corrected chi connectivity index (χ2v) is 5.67. The number of halogens is 1. The van der Waals surface area contributed by atoms with Gasteiger partial charge in [-0.25, -0.2) is 4.98 Å². The predicted octanol–water partition coefficient (Wildman–Crippen LogP) is 3.86. The van der Waals surface area contributed by atoms with Gasteiger partial charge in [0.1, 0.15) is 5.82 Å². The van der Waals surface area contributed by atoms with E-state index in [1.165, 1.54) is 19.3 Å². The zero-order chi connectivity index (χ0) is 14.3. The molecular formula is C15H26ClN3. The first-order chi connectivity index (χ1) is 9.04. The van der Waals surface area contributed by atoms with Gasteiger partial charge in [-0.1, -0.05) is 45.2 Å². The Morgan fingerprint density at radius 2 is 2.05 bits per heavy atom. The van der Waals surface area contributed by atoms with E-state index in [0.717, 1.165) is 23.1 Å². The summed E-state index contributed by atoms with van der Waals surface area (Å²) in [4.78, 5) is 6.85. The van der Waals surface area contributed by atoms with Crippen molar-refractivity contribution >= 4 is 17.4 Å². The van der Waals surface area contributed by atoms with Crippen molar-refractivity contribution in [1.82, 2.24) is 10.3 Å². The van der Waals surface area contributed by atoms with Crippen molar-refractivity contribution < 1.29 is 0 Å². The molecule has 0 unspecified atom stereocenters. The van der Waals surface area contributed by atoms with Crippen LogP contribution in [0.15, 0.2) is 12.1 Å². The second-order valence-electron chi connectivity index (χ2n) is 5.26. The molecular weight excluding hydrogens is 258 g/mol. The van der Waals surface area contributed by atoms with Gasteiger partial charge in [-0.05, 0) is 18.6 Å². The van der Waals surface area contributed by atoms with Gasteiger partial charge >= 0.3 is 0 Å². The van der Waals surface area contributed by atoms with Crippen LogP contribution in [-0.4, -0.2) is 24.6 Å². The van der Waals surface area contributed by atoms with Gasteiger partial charge in [0.25, 0.3) is 0 Å². The second kappa shape index (κ2) is 8.39. The first kappa shape index (κ1) is 16.3. The minimum atomic E-state index is 0.434. The molecule has 0 aliphatic carbocycles. The van der Waals surface area contributed by atoms with Crippen LogP contribution < -0.4 is 10.2 Å². The Bertz CT molecular complexity index is 380. The van der Waals surface area contributed by atoms with Gasteiger partial charge in [0.2, 0.25) is 0 Å². The molecule has 1 rings (SSSR count). The molecule has 0 amide bonds. The van der Waals surface area contributed by atoms with Crippen LogP contribution in [0.1, 0.15) is 45.7 Å². The summed E-state index contributed by atoms with van der Waals surface area (Å²) in [5.74, 6) is 1.00. The number of aromatic nitrogens is 1. The van der Waals surface area contributed by atoms with E-state index >= 15 is 0 Å². The highest BCUT2D eigenvalue weighted by molar-refractivity contribution is 6.31. The van der Waals surface area contributed by atoms with E-state index in [1.54, 1.807) is 0 Å². The summed E-state index contributed by atoms with van der Waals surface area (Å²) >= 11 is 6.19. The maximum absolute atomic E-state index is 6.19. The van der Waals surface area contributed by atoms with Crippen LogP contribution in [0.25, 0.3) is 0 Å². The summed E-state index contributed by atoms with van der Waals surface area (Å²) in [6.07, 6.45) is 3.71. The first-order valence-corrected chi connectivity index (χ1v) is 7.52. The largest absolute Gasteiger partial charge is 0.360 e. The standard InChI is InChI=1S/C15H26ClN3/c1-5-6-7-10-19(4)15-9-8-13(16)14(18-15)11-17-12(2)3/h8-9,12,17H,5-7,10-11H2,1-4H3. The summed E-state index contributed by atoms with van der Waals surface area (Å²) in [5, 5.41) is 4.09. The fourth-order valence-corrected chi connectivity index (χ4v) is 2.00.